The molecule has 0 saturated heterocycles. The average Bonchev–Trinajstić information content (AvgIpc) is 1.88. The van der Waals surface area contributed by atoms with Gasteiger partial charge in [-0.2, -0.15) is 0 Å². The fourth-order valence-electron chi connectivity index (χ4n) is 0.681. The standard InChI is InChI=1S/C6H13N2OS/c1-6(2)3-10-7-4-9-5-8-10/h6H,3-5H2,1-2H3/q-1. The maximum atomic E-state index is 4.95. The lowest BCUT2D eigenvalue weighted by Gasteiger charge is -2.18. The SMILES string of the molecule is CC(C)C[S-]1=NCOCN=1. The molecule has 0 atom stereocenters. The number of ether oxygens (including phenoxy) is 1. The second kappa shape index (κ2) is 3.93. The van der Waals surface area contributed by atoms with Crippen molar-refractivity contribution in [1.82, 2.24) is 0 Å². The molecule has 3 nitrogen and oxygen atoms in total. The van der Waals surface area contributed by atoms with E-state index in [-0.39, 0.29) is 10.5 Å². The summed E-state index contributed by atoms with van der Waals surface area (Å²) in [6.07, 6.45) is 0. The minimum Gasteiger partial charge on any atom is -0.395 e. The number of rotatable bonds is 2. The Balaban J connectivity index is 2.47. The lowest BCUT2D eigenvalue weighted by Crippen LogP contribution is -2.04. The van der Waals surface area contributed by atoms with Gasteiger partial charge in [-0.3, -0.25) is 0 Å². The molecule has 10 heavy (non-hydrogen) atoms. The third-order valence-corrected chi connectivity index (χ3v) is 2.84. The molecule has 0 fully saturated rings. The molecule has 0 N–H and O–H groups in total. The van der Waals surface area contributed by atoms with Crippen LogP contribution >= 0.6 is 0 Å². The smallest absolute Gasteiger partial charge is 0.115 e. The molecule has 0 saturated carbocycles. The molecular weight excluding hydrogens is 148 g/mol. The number of hydrogen-bond acceptors (Lipinski definition) is 4. The molecule has 0 radical (unpaired) electrons. The third kappa shape index (κ3) is 2.66. The van der Waals surface area contributed by atoms with E-state index in [9.17, 15) is 0 Å². The van der Waals surface area contributed by atoms with Crippen LogP contribution in [0, 0.1) is 5.92 Å². The van der Waals surface area contributed by atoms with Gasteiger partial charge in [-0.05, 0) is 0 Å². The van der Waals surface area contributed by atoms with E-state index in [2.05, 4.69) is 22.6 Å². The van der Waals surface area contributed by atoms with Crippen molar-refractivity contribution in [2.75, 3.05) is 19.2 Å². The second-order valence-corrected chi connectivity index (χ2v) is 4.15. The zero-order valence-corrected chi connectivity index (χ0v) is 7.23. The lowest BCUT2D eigenvalue weighted by molar-refractivity contribution is 0.149. The van der Waals surface area contributed by atoms with Crippen molar-refractivity contribution < 1.29 is 4.74 Å². The normalized spacial score (nSPS) is 20.3. The van der Waals surface area contributed by atoms with Crippen LogP contribution in [0.25, 0.3) is 0 Å². The molecule has 1 rings (SSSR count). The molecule has 0 unspecified atom stereocenters. The van der Waals surface area contributed by atoms with E-state index >= 15 is 0 Å². The Labute approximate surface area is 63.6 Å². The van der Waals surface area contributed by atoms with E-state index < -0.39 is 0 Å². The molecule has 1 aliphatic heterocycles. The van der Waals surface area contributed by atoms with Crippen LogP contribution in [0.2, 0.25) is 0 Å². The van der Waals surface area contributed by atoms with Gasteiger partial charge in [0.05, 0.1) is 0 Å². The third-order valence-electron chi connectivity index (χ3n) is 1.07. The average molecular weight is 161 g/mol. The number of nitrogens with zero attached hydrogens (tertiary/aromatic N) is 2. The van der Waals surface area contributed by atoms with Gasteiger partial charge in [0.25, 0.3) is 0 Å². The highest BCUT2D eigenvalue weighted by molar-refractivity contribution is 7.77. The van der Waals surface area contributed by atoms with Gasteiger partial charge in [0, 0.05) is 0 Å². The Morgan fingerprint density at radius 1 is 1.40 bits per heavy atom. The fourth-order valence-corrected chi connectivity index (χ4v) is 1.96. The zero-order chi connectivity index (χ0) is 7.40. The van der Waals surface area contributed by atoms with Crippen LogP contribution in [0.5, 0.6) is 0 Å². The van der Waals surface area contributed by atoms with Crippen molar-refractivity contribution in [3.8, 4) is 0 Å². The van der Waals surface area contributed by atoms with Gasteiger partial charge in [0.2, 0.25) is 0 Å². The molecule has 0 aromatic heterocycles. The molecular formula is C6H13N2OS-. The Morgan fingerprint density at radius 3 is 2.50 bits per heavy atom. The van der Waals surface area contributed by atoms with Crippen molar-refractivity contribution in [1.29, 1.82) is 0 Å². The minimum absolute atomic E-state index is 0.0498. The van der Waals surface area contributed by atoms with Crippen molar-refractivity contribution in [2.24, 2.45) is 14.6 Å². The second-order valence-electron chi connectivity index (χ2n) is 2.62. The van der Waals surface area contributed by atoms with Crippen LogP contribution in [0.15, 0.2) is 8.73 Å². The number of hydrogen-bond donors (Lipinski definition) is 0. The molecule has 0 aromatic rings. The molecule has 0 amide bonds. The van der Waals surface area contributed by atoms with Gasteiger partial charge in [-0.25, -0.2) is 0 Å². The summed E-state index contributed by atoms with van der Waals surface area (Å²) in [5.74, 6) is 1.78. The molecule has 0 spiro atoms. The maximum absolute atomic E-state index is 4.95. The fraction of sp³-hybridized carbons (Fsp3) is 1.00. The van der Waals surface area contributed by atoms with Gasteiger partial charge in [-0.15, -0.1) is 5.75 Å². The summed E-state index contributed by atoms with van der Waals surface area (Å²) in [5, 5.41) is 0. The highest BCUT2D eigenvalue weighted by Crippen LogP contribution is 1.99. The van der Waals surface area contributed by atoms with E-state index in [1.54, 1.807) is 0 Å². The molecule has 0 aromatic carbocycles. The van der Waals surface area contributed by atoms with Crippen LogP contribution in [0.4, 0.5) is 0 Å². The molecule has 60 valence electrons. The predicted molar refractivity (Wildman–Crippen MR) is 42.7 cm³/mol. The zero-order valence-electron chi connectivity index (χ0n) is 6.41. The van der Waals surface area contributed by atoms with Gasteiger partial charge in [0.15, 0.2) is 0 Å². The van der Waals surface area contributed by atoms with Crippen LogP contribution in [0.3, 0.4) is 0 Å². The summed E-state index contributed by atoms with van der Waals surface area (Å²) in [5.41, 5.74) is 0. The minimum atomic E-state index is -0.0498. The van der Waals surface area contributed by atoms with Crippen molar-refractivity contribution in [3.63, 3.8) is 0 Å². The molecule has 1 heterocycles. The summed E-state index contributed by atoms with van der Waals surface area (Å²) in [7, 11) is -0.0498. The Kier molecular flexibility index (Phi) is 3.15. The quantitative estimate of drug-likeness (QED) is 0.566. The van der Waals surface area contributed by atoms with E-state index in [0.717, 1.165) is 5.75 Å². The Hall–Kier alpha value is -0.0900. The monoisotopic (exact) mass is 161 g/mol. The van der Waals surface area contributed by atoms with E-state index in [0.29, 0.717) is 19.4 Å². The Morgan fingerprint density at radius 2 is 2.00 bits per heavy atom. The van der Waals surface area contributed by atoms with Crippen LogP contribution in [0.1, 0.15) is 13.8 Å². The summed E-state index contributed by atoms with van der Waals surface area (Å²) < 4.78 is 13.4. The van der Waals surface area contributed by atoms with Gasteiger partial charge < -0.3 is 23.9 Å². The first-order valence-electron chi connectivity index (χ1n) is 3.43. The maximum Gasteiger partial charge on any atom is 0.115 e. The highest BCUT2D eigenvalue weighted by Gasteiger charge is 1.86. The van der Waals surface area contributed by atoms with E-state index in [4.69, 9.17) is 4.74 Å². The Bertz CT molecular complexity index is 170. The lowest BCUT2D eigenvalue weighted by atomic mass is 10.3. The van der Waals surface area contributed by atoms with Crippen LogP contribution in [-0.2, 0) is 15.2 Å². The first kappa shape index (κ1) is 8.01. The predicted octanol–water partition coefficient (Wildman–Crippen LogP) is 1.57. The van der Waals surface area contributed by atoms with Gasteiger partial charge >= 0.3 is 0 Å². The van der Waals surface area contributed by atoms with Crippen LogP contribution in [-0.4, -0.2) is 19.2 Å². The first-order valence-corrected chi connectivity index (χ1v) is 4.73. The van der Waals surface area contributed by atoms with Gasteiger partial charge in [-0.1, -0.05) is 19.8 Å². The van der Waals surface area contributed by atoms with Crippen molar-refractivity contribution in [2.45, 2.75) is 13.8 Å². The first-order chi connectivity index (χ1) is 4.79. The molecule has 4 heteroatoms. The molecule has 0 bridgehead atoms. The van der Waals surface area contributed by atoms with E-state index in [1.807, 2.05) is 0 Å². The van der Waals surface area contributed by atoms with Gasteiger partial charge in [0.1, 0.15) is 13.5 Å². The van der Waals surface area contributed by atoms with Crippen LogP contribution < -0.4 is 0 Å². The molecule has 0 aliphatic carbocycles. The van der Waals surface area contributed by atoms with Crippen molar-refractivity contribution in [3.05, 3.63) is 0 Å². The summed E-state index contributed by atoms with van der Waals surface area (Å²) >= 11 is 0. The molecule has 1 aliphatic rings. The summed E-state index contributed by atoms with van der Waals surface area (Å²) in [6.45, 7) is 5.46. The summed E-state index contributed by atoms with van der Waals surface area (Å²) in [6, 6.07) is 0. The largest absolute Gasteiger partial charge is 0.395 e. The topological polar surface area (TPSA) is 34.0 Å². The summed E-state index contributed by atoms with van der Waals surface area (Å²) in [4.78, 5) is 0. The van der Waals surface area contributed by atoms with Crippen molar-refractivity contribution >= 4 is 10.5 Å². The highest BCUT2D eigenvalue weighted by atomic mass is 32.2. The van der Waals surface area contributed by atoms with E-state index in [1.165, 1.54) is 0 Å².